The fourth-order valence-electron chi connectivity index (χ4n) is 2.58. The maximum Gasteiger partial charge on any atom is 0.163 e. The van der Waals surface area contributed by atoms with Crippen molar-refractivity contribution in [2.75, 3.05) is 18.0 Å². The molecule has 1 aliphatic rings. The van der Waals surface area contributed by atoms with Gasteiger partial charge in [0.25, 0.3) is 0 Å². The first-order chi connectivity index (χ1) is 9.83. The van der Waals surface area contributed by atoms with Crippen LogP contribution in [0.25, 0.3) is 11.4 Å². The Kier molecular flexibility index (Phi) is 4.16. The molecule has 0 spiro atoms. The van der Waals surface area contributed by atoms with Gasteiger partial charge in [-0.15, -0.1) is 0 Å². The highest BCUT2D eigenvalue weighted by molar-refractivity contribution is 6.29. The van der Waals surface area contributed by atoms with Crippen LogP contribution >= 0.6 is 11.6 Å². The van der Waals surface area contributed by atoms with E-state index in [0.717, 1.165) is 24.5 Å². The third-order valence-electron chi connectivity index (χ3n) is 3.64. The molecule has 1 saturated heterocycles. The molecule has 0 N–H and O–H groups in total. The normalized spacial score (nSPS) is 15.9. The minimum atomic E-state index is 0.512. The van der Waals surface area contributed by atoms with Gasteiger partial charge in [0.2, 0.25) is 0 Å². The number of rotatable bonds is 2. The van der Waals surface area contributed by atoms with Crippen molar-refractivity contribution in [1.29, 1.82) is 0 Å². The van der Waals surface area contributed by atoms with Crippen molar-refractivity contribution in [2.45, 2.75) is 25.7 Å². The highest BCUT2D eigenvalue weighted by Crippen LogP contribution is 2.24. The van der Waals surface area contributed by atoms with Crippen molar-refractivity contribution in [1.82, 2.24) is 9.97 Å². The molecule has 1 aromatic heterocycles. The van der Waals surface area contributed by atoms with Gasteiger partial charge in [0.1, 0.15) is 11.0 Å². The van der Waals surface area contributed by atoms with Crippen molar-refractivity contribution in [3.8, 4) is 11.4 Å². The van der Waals surface area contributed by atoms with Gasteiger partial charge in [0, 0.05) is 24.7 Å². The summed E-state index contributed by atoms with van der Waals surface area (Å²) in [6, 6.07) is 11.9. The van der Waals surface area contributed by atoms with Crippen molar-refractivity contribution < 1.29 is 0 Å². The zero-order valence-electron chi connectivity index (χ0n) is 11.4. The second-order valence-corrected chi connectivity index (χ2v) is 5.53. The lowest BCUT2D eigenvalue weighted by Crippen LogP contribution is -2.25. The summed E-state index contributed by atoms with van der Waals surface area (Å²) >= 11 is 6.18. The van der Waals surface area contributed by atoms with Gasteiger partial charge in [-0.3, -0.25) is 0 Å². The first-order valence-electron chi connectivity index (χ1n) is 7.18. The Bertz CT molecular complexity index is 563. The summed E-state index contributed by atoms with van der Waals surface area (Å²) in [7, 11) is 0. The van der Waals surface area contributed by atoms with Gasteiger partial charge >= 0.3 is 0 Å². The Morgan fingerprint density at radius 1 is 0.900 bits per heavy atom. The second-order valence-electron chi connectivity index (χ2n) is 5.14. The highest BCUT2D eigenvalue weighted by Gasteiger charge is 2.14. The lowest BCUT2D eigenvalue weighted by molar-refractivity contribution is 0.726. The molecule has 0 amide bonds. The molecule has 0 atom stereocenters. The van der Waals surface area contributed by atoms with E-state index in [4.69, 9.17) is 16.6 Å². The smallest absolute Gasteiger partial charge is 0.163 e. The first-order valence-corrected chi connectivity index (χ1v) is 7.56. The molecule has 2 aromatic rings. The van der Waals surface area contributed by atoms with Crippen molar-refractivity contribution in [2.24, 2.45) is 0 Å². The fraction of sp³-hybridized carbons (Fsp3) is 0.375. The van der Waals surface area contributed by atoms with E-state index >= 15 is 0 Å². The number of aromatic nitrogens is 2. The van der Waals surface area contributed by atoms with E-state index in [2.05, 4.69) is 9.88 Å². The van der Waals surface area contributed by atoms with Gasteiger partial charge in [-0.05, 0) is 12.8 Å². The molecule has 3 rings (SSSR count). The van der Waals surface area contributed by atoms with Crippen molar-refractivity contribution in [3.63, 3.8) is 0 Å². The van der Waals surface area contributed by atoms with Crippen LogP contribution in [0.5, 0.6) is 0 Å². The lowest BCUT2D eigenvalue weighted by Gasteiger charge is -2.21. The molecule has 0 unspecified atom stereocenters. The quantitative estimate of drug-likeness (QED) is 0.776. The molecular weight excluding hydrogens is 270 g/mol. The molecule has 1 aliphatic heterocycles. The average molecular weight is 288 g/mol. The molecule has 4 heteroatoms. The maximum absolute atomic E-state index is 6.18. The van der Waals surface area contributed by atoms with Gasteiger partial charge in [-0.1, -0.05) is 54.8 Å². The van der Waals surface area contributed by atoms with Crippen LogP contribution < -0.4 is 4.90 Å². The molecule has 0 aliphatic carbocycles. The maximum atomic E-state index is 6.18. The van der Waals surface area contributed by atoms with Gasteiger partial charge in [0.05, 0.1) is 0 Å². The number of hydrogen-bond donors (Lipinski definition) is 0. The molecule has 0 saturated carbocycles. The second kappa shape index (κ2) is 6.23. The fourth-order valence-corrected chi connectivity index (χ4v) is 2.76. The van der Waals surface area contributed by atoms with E-state index in [1.54, 1.807) is 0 Å². The first kappa shape index (κ1) is 13.4. The summed E-state index contributed by atoms with van der Waals surface area (Å²) in [6.45, 7) is 2.11. The average Bonchev–Trinajstić information content (AvgIpc) is 2.77. The standard InChI is InChI=1S/C16H18ClN3/c17-14-12-15(20-10-6-1-2-7-11-20)19-16(18-14)13-8-4-3-5-9-13/h3-5,8-9,12H,1-2,6-7,10-11H2. The number of hydrogen-bond acceptors (Lipinski definition) is 3. The van der Waals surface area contributed by atoms with E-state index in [9.17, 15) is 0 Å². The Labute approximate surface area is 124 Å². The molecular formula is C16H18ClN3. The summed E-state index contributed by atoms with van der Waals surface area (Å²) in [4.78, 5) is 11.4. The molecule has 0 radical (unpaired) electrons. The van der Waals surface area contributed by atoms with Crippen LogP contribution in [-0.2, 0) is 0 Å². The van der Waals surface area contributed by atoms with Gasteiger partial charge < -0.3 is 4.90 Å². The summed E-state index contributed by atoms with van der Waals surface area (Å²) in [5.74, 6) is 1.66. The molecule has 1 aromatic carbocycles. The van der Waals surface area contributed by atoms with E-state index in [1.165, 1.54) is 25.7 Å². The Morgan fingerprint density at radius 3 is 2.30 bits per heavy atom. The van der Waals surface area contributed by atoms with E-state index in [1.807, 2.05) is 36.4 Å². The van der Waals surface area contributed by atoms with Crippen LogP contribution in [0, 0.1) is 0 Å². The molecule has 0 bridgehead atoms. The van der Waals surface area contributed by atoms with Gasteiger partial charge in [-0.25, -0.2) is 9.97 Å². The minimum absolute atomic E-state index is 0.512. The van der Waals surface area contributed by atoms with Gasteiger partial charge in [-0.2, -0.15) is 0 Å². The zero-order valence-corrected chi connectivity index (χ0v) is 12.2. The van der Waals surface area contributed by atoms with Crippen molar-refractivity contribution in [3.05, 3.63) is 41.6 Å². The molecule has 1 fully saturated rings. The molecule has 2 heterocycles. The molecule has 3 nitrogen and oxygen atoms in total. The van der Waals surface area contributed by atoms with E-state index in [0.29, 0.717) is 11.0 Å². The number of anilines is 1. The predicted octanol–water partition coefficient (Wildman–Crippen LogP) is 4.18. The van der Waals surface area contributed by atoms with Crippen LogP contribution in [0.1, 0.15) is 25.7 Å². The van der Waals surface area contributed by atoms with E-state index < -0.39 is 0 Å². The van der Waals surface area contributed by atoms with Crippen LogP contribution in [0.2, 0.25) is 5.15 Å². The zero-order chi connectivity index (χ0) is 13.8. The lowest BCUT2D eigenvalue weighted by atomic mass is 10.2. The van der Waals surface area contributed by atoms with E-state index in [-0.39, 0.29) is 0 Å². The van der Waals surface area contributed by atoms with Crippen molar-refractivity contribution >= 4 is 17.4 Å². The summed E-state index contributed by atoms with van der Waals surface area (Å²) < 4.78 is 0. The molecule has 104 valence electrons. The Balaban J connectivity index is 1.94. The third-order valence-corrected chi connectivity index (χ3v) is 3.84. The number of benzene rings is 1. The van der Waals surface area contributed by atoms with Crippen LogP contribution in [0.3, 0.4) is 0 Å². The minimum Gasteiger partial charge on any atom is -0.356 e. The summed E-state index contributed by atoms with van der Waals surface area (Å²) in [6.07, 6.45) is 5.06. The topological polar surface area (TPSA) is 29.0 Å². The summed E-state index contributed by atoms with van der Waals surface area (Å²) in [5, 5.41) is 0.512. The van der Waals surface area contributed by atoms with Crippen LogP contribution in [0.4, 0.5) is 5.82 Å². The Morgan fingerprint density at radius 2 is 1.60 bits per heavy atom. The monoisotopic (exact) mass is 287 g/mol. The van der Waals surface area contributed by atoms with Crippen LogP contribution in [-0.4, -0.2) is 23.1 Å². The highest BCUT2D eigenvalue weighted by atomic mass is 35.5. The largest absolute Gasteiger partial charge is 0.356 e. The summed E-state index contributed by atoms with van der Waals surface area (Å²) in [5.41, 5.74) is 1.01. The van der Waals surface area contributed by atoms with Crippen LogP contribution in [0.15, 0.2) is 36.4 Å². The van der Waals surface area contributed by atoms with Gasteiger partial charge in [0.15, 0.2) is 5.82 Å². The Hall–Kier alpha value is -1.61. The predicted molar refractivity (Wildman–Crippen MR) is 83.2 cm³/mol. The molecule has 20 heavy (non-hydrogen) atoms. The number of nitrogens with zero attached hydrogens (tertiary/aromatic N) is 3. The SMILES string of the molecule is Clc1cc(N2CCCCCC2)nc(-c2ccccc2)n1. The number of halogens is 1. The third kappa shape index (κ3) is 3.10.